The fraction of sp³-hybridized carbons (Fsp3) is 0.471. The van der Waals surface area contributed by atoms with Gasteiger partial charge in [0.15, 0.2) is 0 Å². The Morgan fingerprint density at radius 1 is 1.26 bits per heavy atom. The maximum absolute atomic E-state index is 11.4. The van der Waals surface area contributed by atoms with Crippen molar-refractivity contribution in [3.05, 3.63) is 40.6 Å². The van der Waals surface area contributed by atoms with Crippen molar-refractivity contribution >= 4 is 22.3 Å². The summed E-state index contributed by atoms with van der Waals surface area (Å²) in [7, 11) is 0. The lowest BCUT2D eigenvalue weighted by Gasteiger charge is -2.32. The van der Waals surface area contributed by atoms with Gasteiger partial charge in [-0.15, -0.1) is 0 Å². The Hall–Kier alpha value is -2.21. The maximum Gasteiger partial charge on any atom is 0.311 e. The lowest BCUT2D eigenvalue weighted by Crippen LogP contribution is -2.44. The first-order valence-corrected chi connectivity index (χ1v) is 8.21. The molecule has 6 nitrogen and oxygen atoms in total. The standard InChI is InChI=1S/C17H20N4O2/c22-21(23)15-11-18-14-6-2-1-5-13(14)16(15)19-12-17-7-3-9-20(17)10-4-8-17/h1-2,5-6,11H,3-4,7-10,12H2,(H,18,19). The number of anilines is 1. The van der Waals surface area contributed by atoms with E-state index in [0.717, 1.165) is 30.5 Å². The minimum Gasteiger partial charge on any atom is -0.377 e. The van der Waals surface area contributed by atoms with Gasteiger partial charge in [0, 0.05) is 17.5 Å². The number of nitro groups is 1. The number of benzene rings is 1. The monoisotopic (exact) mass is 312 g/mol. The van der Waals surface area contributed by atoms with E-state index in [1.54, 1.807) is 0 Å². The summed E-state index contributed by atoms with van der Waals surface area (Å²) in [5, 5.41) is 15.6. The lowest BCUT2D eigenvalue weighted by molar-refractivity contribution is -0.384. The molecule has 0 spiro atoms. The Morgan fingerprint density at radius 3 is 2.74 bits per heavy atom. The van der Waals surface area contributed by atoms with E-state index in [1.807, 2.05) is 24.3 Å². The molecule has 2 fully saturated rings. The summed E-state index contributed by atoms with van der Waals surface area (Å²) >= 11 is 0. The zero-order chi connectivity index (χ0) is 15.9. The topological polar surface area (TPSA) is 71.3 Å². The van der Waals surface area contributed by atoms with Crippen LogP contribution in [0.3, 0.4) is 0 Å². The number of rotatable bonds is 4. The molecular weight excluding hydrogens is 292 g/mol. The fourth-order valence-electron chi connectivity index (χ4n) is 4.22. The number of hydrogen-bond donors (Lipinski definition) is 1. The van der Waals surface area contributed by atoms with Crippen molar-refractivity contribution in [2.75, 3.05) is 25.0 Å². The van der Waals surface area contributed by atoms with Gasteiger partial charge in [0.1, 0.15) is 11.9 Å². The highest BCUT2D eigenvalue weighted by molar-refractivity contribution is 5.95. The summed E-state index contributed by atoms with van der Waals surface area (Å²) < 4.78 is 0. The molecule has 6 heteroatoms. The molecule has 1 aromatic carbocycles. The highest BCUT2D eigenvalue weighted by Gasteiger charge is 2.44. The van der Waals surface area contributed by atoms with Crippen LogP contribution in [0, 0.1) is 10.1 Å². The highest BCUT2D eigenvalue weighted by Crippen LogP contribution is 2.40. The summed E-state index contributed by atoms with van der Waals surface area (Å²) in [6.45, 7) is 3.07. The SMILES string of the molecule is O=[N+]([O-])c1cnc2ccccc2c1NCC12CCCN1CCC2. The quantitative estimate of drug-likeness (QED) is 0.693. The largest absolute Gasteiger partial charge is 0.377 e. The van der Waals surface area contributed by atoms with Gasteiger partial charge in [-0.05, 0) is 44.8 Å². The molecule has 23 heavy (non-hydrogen) atoms. The molecule has 3 heterocycles. The van der Waals surface area contributed by atoms with Crippen LogP contribution < -0.4 is 5.32 Å². The van der Waals surface area contributed by atoms with Gasteiger partial charge in [0.2, 0.25) is 0 Å². The maximum atomic E-state index is 11.4. The van der Waals surface area contributed by atoms with E-state index in [4.69, 9.17) is 0 Å². The van der Waals surface area contributed by atoms with E-state index in [9.17, 15) is 10.1 Å². The highest BCUT2D eigenvalue weighted by atomic mass is 16.6. The molecule has 0 aliphatic carbocycles. The number of para-hydroxylation sites is 1. The molecule has 2 aliphatic heterocycles. The first-order chi connectivity index (χ1) is 11.2. The molecule has 120 valence electrons. The first kappa shape index (κ1) is 14.4. The van der Waals surface area contributed by atoms with E-state index in [-0.39, 0.29) is 16.1 Å². The van der Waals surface area contributed by atoms with Gasteiger partial charge in [0.25, 0.3) is 0 Å². The van der Waals surface area contributed by atoms with E-state index >= 15 is 0 Å². The van der Waals surface area contributed by atoms with Crippen LogP contribution in [0.25, 0.3) is 10.9 Å². The number of aromatic nitrogens is 1. The van der Waals surface area contributed by atoms with E-state index in [0.29, 0.717) is 5.69 Å². The molecule has 0 amide bonds. The third kappa shape index (κ3) is 2.34. The predicted octanol–water partition coefficient (Wildman–Crippen LogP) is 3.18. The number of nitrogens with zero attached hydrogens (tertiary/aromatic N) is 3. The normalized spacial score (nSPS) is 19.8. The zero-order valence-electron chi connectivity index (χ0n) is 13.0. The van der Waals surface area contributed by atoms with Crippen molar-refractivity contribution in [2.24, 2.45) is 0 Å². The molecule has 2 saturated heterocycles. The average Bonchev–Trinajstić information content (AvgIpc) is 3.12. The Balaban J connectivity index is 1.70. The zero-order valence-corrected chi connectivity index (χ0v) is 13.0. The van der Waals surface area contributed by atoms with Gasteiger partial charge in [-0.3, -0.25) is 15.0 Å². The van der Waals surface area contributed by atoms with Crippen LogP contribution in [0.1, 0.15) is 25.7 Å². The molecule has 4 rings (SSSR count). The minimum atomic E-state index is -0.347. The number of fused-ring (bicyclic) bond motifs is 2. The summed E-state index contributed by atoms with van der Waals surface area (Å²) in [6, 6.07) is 7.59. The van der Waals surface area contributed by atoms with E-state index in [2.05, 4.69) is 15.2 Å². The summed E-state index contributed by atoms with van der Waals surface area (Å²) in [6.07, 6.45) is 6.17. The van der Waals surface area contributed by atoms with Crippen molar-refractivity contribution < 1.29 is 4.92 Å². The molecule has 0 bridgehead atoms. The number of pyridine rings is 1. The van der Waals surface area contributed by atoms with Crippen LogP contribution in [-0.2, 0) is 0 Å². The van der Waals surface area contributed by atoms with Crippen molar-refractivity contribution in [2.45, 2.75) is 31.2 Å². The summed E-state index contributed by atoms with van der Waals surface area (Å²) in [4.78, 5) is 17.8. The van der Waals surface area contributed by atoms with Crippen LogP contribution in [0.5, 0.6) is 0 Å². The van der Waals surface area contributed by atoms with Gasteiger partial charge < -0.3 is 5.32 Å². The summed E-state index contributed by atoms with van der Waals surface area (Å²) in [5.41, 5.74) is 1.63. The number of nitrogens with one attached hydrogen (secondary N) is 1. The molecule has 0 atom stereocenters. The fourth-order valence-corrected chi connectivity index (χ4v) is 4.22. The van der Waals surface area contributed by atoms with Gasteiger partial charge >= 0.3 is 5.69 Å². The molecule has 1 N–H and O–H groups in total. The molecule has 0 unspecified atom stereocenters. The van der Waals surface area contributed by atoms with Gasteiger partial charge in [-0.25, -0.2) is 4.98 Å². The molecular formula is C17H20N4O2. The minimum absolute atomic E-state index is 0.0580. The van der Waals surface area contributed by atoms with Crippen molar-refractivity contribution in [3.63, 3.8) is 0 Å². The second-order valence-electron chi connectivity index (χ2n) is 6.56. The molecule has 2 aromatic rings. The summed E-state index contributed by atoms with van der Waals surface area (Å²) in [5.74, 6) is 0. The number of hydrogen-bond acceptors (Lipinski definition) is 5. The Morgan fingerprint density at radius 2 is 2.00 bits per heavy atom. The van der Waals surface area contributed by atoms with Crippen molar-refractivity contribution in [1.82, 2.24) is 9.88 Å². The van der Waals surface area contributed by atoms with Gasteiger partial charge in [0.05, 0.1) is 10.4 Å². The molecule has 0 radical (unpaired) electrons. The molecule has 0 saturated carbocycles. The van der Waals surface area contributed by atoms with Crippen LogP contribution >= 0.6 is 0 Å². The second-order valence-corrected chi connectivity index (χ2v) is 6.56. The Labute approximate surface area is 134 Å². The average molecular weight is 312 g/mol. The van der Waals surface area contributed by atoms with Crippen LogP contribution in [0.4, 0.5) is 11.4 Å². The van der Waals surface area contributed by atoms with Crippen LogP contribution in [0.2, 0.25) is 0 Å². The van der Waals surface area contributed by atoms with Crippen molar-refractivity contribution in [3.8, 4) is 0 Å². The predicted molar refractivity (Wildman–Crippen MR) is 89.7 cm³/mol. The first-order valence-electron chi connectivity index (χ1n) is 8.21. The van der Waals surface area contributed by atoms with Crippen LogP contribution in [-0.4, -0.2) is 40.0 Å². The smallest absolute Gasteiger partial charge is 0.311 e. The lowest BCUT2D eigenvalue weighted by atomic mass is 9.94. The van der Waals surface area contributed by atoms with Crippen LogP contribution in [0.15, 0.2) is 30.5 Å². The van der Waals surface area contributed by atoms with Gasteiger partial charge in [-0.2, -0.15) is 0 Å². The molecule has 1 aromatic heterocycles. The van der Waals surface area contributed by atoms with E-state index < -0.39 is 0 Å². The third-order valence-electron chi connectivity index (χ3n) is 5.36. The van der Waals surface area contributed by atoms with E-state index in [1.165, 1.54) is 31.9 Å². The van der Waals surface area contributed by atoms with Gasteiger partial charge in [-0.1, -0.05) is 18.2 Å². The second kappa shape index (κ2) is 5.45. The molecule has 2 aliphatic rings. The Bertz CT molecular complexity index is 751. The van der Waals surface area contributed by atoms with Crippen molar-refractivity contribution in [1.29, 1.82) is 0 Å². The third-order valence-corrected chi connectivity index (χ3v) is 5.36. The Kier molecular flexibility index (Phi) is 3.41.